The topological polar surface area (TPSA) is 81.4 Å². The van der Waals surface area contributed by atoms with Crippen molar-refractivity contribution < 1.29 is 18.8 Å². The monoisotopic (exact) mass is 368 g/mol. The lowest BCUT2D eigenvalue weighted by Crippen LogP contribution is -2.23. The van der Waals surface area contributed by atoms with Crippen LogP contribution in [0.5, 0.6) is 0 Å². The Hall–Kier alpha value is -2.63. The fraction of sp³-hybridized carbons (Fsp3) is 0.476. The van der Waals surface area contributed by atoms with Gasteiger partial charge in [0.25, 0.3) is 5.91 Å². The molecule has 4 rings (SSSR count). The molecule has 2 aliphatic rings. The number of esters is 1. The van der Waals surface area contributed by atoms with Crippen LogP contribution in [0, 0.1) is 24.7 Å². The maximum absolute atomic E-state index is 12.0. The van der Waals surface area contributed by atoms with E-state index in [1.165, 1.54) is 19.3 Å². The number of hydrogen-bond acceptors (Lipinski definition) is 5. The first kappa shape index (κ1) is 17.8. The summed E-state index contributed by atoms with van der Waals surface area (Å²) in [5.74, 6) is 1.42. The molecule has 27 heavy (non-hydrogen) atoms. The van der Waals surface area contributed by atoms with Crippen LogP contribution in [0.2, 0.25) is 0 Å². The van der Waals surface area contributed by atoms with Crippen LogP contribution in [0.3, 0.4) is 0 Å². The van der Waals surface area contributed by atoms with E-state index in [-0.39, 0.29) is 18.5 Å². The first-order valence-electron chi connectivity index (χ1n) is 9.56. The van der Waals surface area contributed by atoms with Gasteiger partial charge in [0.15, 0.2) is 6.61 Å². The van der Waals surface area contributed by atoms with E-state index in [1.807, 2.05) is 31.2 Å². The molecule has 0 unspecified atom stereocenters. The molecule has 1 heterocycles. The lowest BCUT2D eigenvalue weighted by molar-refractivity contribution is -0.148. The van der Waals surface area contributed by atoms with Crippen LogP contribution in [-0.4, -0.2) is 23.6 Å². The molecule has 2 fully saturated rings. The van der Waals surface area contributed by atoms with Crippen molar-refractivity contribution in [2.24, 2.45) is 17.8 Å². The minimum absolute atomic E-state index is 0.236. The van der Waals surface area contributed by atoms with Gasteiger partial charge >= 0.3 is 5.97 Å². The Morgan fingerprint density at radius 1 is 1.22 bits per heavy atom. The van der Waals surface area contributed by atoms with E-state index in [0.29, 0.717) is 24.0 Å². The first-order valence-corrected chi connectivity index (χ1v) is 9.56. The predicted molar refractivity (Wildman–Crippen MR) is 99.8 cm³/mol. The van der Waals surface area contributed by atoms with Crippen molar-refractivity contribution in [2.45, 2.75) is 39.0 Å². The summed E-state index contributed by atoms with van der Waals surface area (Å²) in [6.07, 6.45) is 5.35. The third kappa shape index (κ3) is 4.21. The van der Waals surface area contributed by atoms with Crippen molar-refractivity contribution in [1.29, 1.82) is 0 Å². The molecule has 1 amide bonds. The van der Waals surface area contributed by atoms with E-state index in [4.69, 9.17) is 9.26 Å². The normalized spacial score (nSPS) is 23.4. The van der Waals surface area contributed by atoms with Gasteiger partial charge in [0.1, 0.15) is 5.69 Å². The molecule has 6 nitrogen and oxygen atoms in total. The highest BCUT2D eigenvalue weighted by Gasteiger charge is 2.40. The van der Waals surface area contributed by atoms with Gasteiger partial charge in [0.05, 0.1) is 0 Å². The van der Waals surface area contributed by atoms with Crippen LogP contribution >= 0.6 is 0 Å². The molecule has 2 aliphatic carbocycles. The number of ether oxygens (including phenoxy) is 1. The lowest BCUT2D eigenvalue weighted by Gasteiger charge is -2.20. The molecule has 2 bridgehead atoms. The minimum Gasteiger partial charge on any atom is -0.456 e. The quantitative estimate of drug-likeness (QED) is 0.781. The molecule has 2 aromatic rings. The molecule has 0 saturated heterocycles. The van der Waals surface area contributed by atoms with E-state index in [0.717, 1.165) is 23.5 Å². The van der Waals surface area contributed by atoms with Crippen molar-refractivity contribution in [3.05, 3.63) is 35.9 Å². The maximum atomic E-state index is 12.0. The first-order chi connectivity index (χ1) is 13.1. The van der Waals surface area contributed by atoms with Crippen molar-refractivity contribution in [3.63, 3.8) is 0 Å². The smallest absolute Gasteiger partial charge is 0.306 e. The molecule has 0 radical (unpaired) electrons. The summed E-state index contributed by atoms with van der Waals surface area (Å²) < 4.78 is 10.3. The average Bonchev–Trinajstić information content (AvgIpc) is 3.38. The summed E-state index contributed by atoms with van der Waals surface area (Å²) >= 11 is 0. The maximum Gasteiger partial charge on any atom is 0.306 e. The second-order valence-electron chi connectivity index (χ2n) is 7.79. The minimum atomic E-state index is -0.428. The fourth-order valence-corrected chi connectivity index (χ4v) is 4.41. The van der Waals surface area contributed by atoms with Gasteiger partial charge < -0.3 is 9.26 Å². The summed E-state index contributed by atoms with van der Waals surface area (Å²) in [5, 5.41) is 6.53. The summed E-state index contributed by atoms with van der Waals surface area (Å²) in [4.78, 5) is 24.0. The number of aryl methyl sites for hydroxylation is 1. The third-order valence-corrected chi connectivity index (χ3v) is 5.80. The van der Waals surface area contributed by atoms with Crippen LogP contribution in [-0.2, 0) is 14.3 Å². The zero-order chi connectivity index (χ0) is 18.8. The van der Waals surface area contributed by atoms with Crippen molar-refractivity contribution in [1.82, 2.24) is 5.16 Å². The zero-order valence-corrected chi connectivity index (χ0v) is 15.4. The Labute approximate surface area is 158 Å². The van der Waals surface area contributed by atoms with E-state index in [2.05, 4.69) is 10.5 Å². The highest BCUT2D eigenvalue weighted by Crippen LogP contribution is 2.49. The van der Waals surface area contributed by atoms with Crippen molar-refractivity contribution >= 4 is 17.8 Å². The second-order valence-corrected chi connectivity index (χ2v) is 7.79. The van der Waals surface area contributed by atoms with E-state index in [1.54, 1.807) is 6.07 Å². The molecular weight excluding hydrogens is 344 g/mol. The van der Waals surface area contributed by atoms with Crippen LogP contribution < -0.4 is 5.32 Å². The third-order valence-electron chi connectivity index (χ3n) is 5.80. The Balaban J connectivity index is 1.23. The molecule has 3 atom stereocenters. The summed E-state index contributed by atoms with van der Waals surface area (Å²) in [5.41, 5.74) is 2.70. The van der Waals surface area contributed by atoms with Crippen molar-refractivity contribution in [2.75, 3.05) is 11.9 Å². The van der Waals surface area contributed by atoms with Crippen LogP contribution in [0.25, 0.3) is 11.3 Å². The Morgan fingerprint density at radius 3 is 2.74 bits per heavy atom. The molecule has 1 aromatic heterocycles. The number of carbonyl (C=O) groups is 2. The summed E-state index contributed by atoms with van der Waals surface area (Å²) in [7, 11) is 0. The number of amides is 1. The Kier molecular flexibility index (Phi) is 4.97. The zero-order valence-electron chi connectivity index (χ0n) is 15.4. The SMILES string of the molecule is Cc1ccc(-c2cc(NC(=O)COC(=O)C[C@H]3C[C@@H]4CC[C@@H]3C4)on2)cc1. The lowest BCUT2D eigenvalue weighted by atomic mass is 9.86. The number of hydrogen-bond donors (Lipinski definition) is 1. The van der Waals surface area contributed by atoms with Gasteiger partial charge in [-0.2, -0.15) is 0 Å². The molecule has 2 saturated carbocycles. The number of nitrogens with zero attached hydrogens (tertiary/aromatic N) is 1. The molecule has 1 aromatic carbocycles. The van der Waals surface area contributed by atoms with Gasteiger partial charge in [-0.3, -0.25) is 14.9 Å². The summed E-state index contributed by atoms with van der Waals surface area (Å²) in [6, 6.07) is 9.50. The molecular formula is C21H24N2O4. The summed E-state index contributed by atoms with van der Waals surface area (Å²) in [6.45, 7) is 1.71. The molecule has 0 spiro atoms. The van der Waals surface area contributed by atoms with E-state index in [9.17, 15) is 9.59 Å². The average molecular weight is 368 g/mol. The van der Waals surface area contributed by atoms with E-state index < -0.39 is 5.91 Å². The van der Waals surface area contributed by atoms with Gasteiger partial charge in [0.2, 0.25) is 5.88 Å². The number of benzene rings is 1. The number of anilines is 1. The largest absolute Gasteiger partial charge is 0.456 e. The number of rotatable bonds is 6. The number of carbonyl (C=O) groups excluding carboxylic acids is 2. The van der Waals surface area contributed by atoms with Gasteiger partial charge in [-0.15, -0.1) is 0 Å². The van der Waals surface area contributed by atoms with Crippen LogP contribution in [0.4, 0.5) is 5.88 Å². The van der Waals surface area contributed by atoms with Gasteiger partial charge in [-0.1, -0.05) is 41.4 Å². The number of aromatic nitrogens is 1. The van der Waals surface area contributed by atoms with Gasteiger partial charge in [-0.25, -0.2) is 0 Å². The Morgan fingerprint density at radius 2 is 2.04 bits per heavy atom. The number of nitrogens with one attached hydrogen (secondary N) is 1. The van der Waals surface area contributed by atoms with Crippen LogP contribution in [0.1, 0.15) is 37.7 Å². The predicted octanol–water partition coefficient (Wildman–Crippen LogP) is 3.96. The van der Waals surface area contributed by atoms with Gasteiger partial charge in [0, 0.05) is 18.1 Å². The highest BCUT2D eigenvalue weighted by molar-refractivity contribution is 5.92. The Bertz CT molecular complexity index is 827. The molecule has 6 heteroatoms. The second kappa shape index (κ2) is 7.55. The van der Waals surface area contributed by atoms with Gasteiger partial charge in [-0.05, 0) is 43.9 Å². The molecule has 0 aliphatic heterocycles. The molecule has 1 N–H and O–H groups in total. The highest BCUT2D eigenvalue weighted by atomic mass is 16.5. The van der Waals surface area contributed by atoms with E-state index >= 15 is 0 Å². The van der Waals surface area contributed by atoms with Crippen molar-refractivity contribution in [3.8, 4) is 11.3 Å². The fourth-order valence-electron chi connectivity index (χ4n) is 4.41. The van der Waals surface area contributed by atoms with Crippen LogP contribution in [0.15, 0.2) is 34.9 Å². The number of fused-ring (bicyclic) bond motifs is 2. The standard InChI is InChI=1S/C21H24N2O4/c1-13-2-5-15(6-3-13)18-11-20(27-23-18)22-19(24)12-26-21(25)10-17-9-14-4-7-16(17)8-14/h2-3,5-6,11,14,16-17H,4,7-10,12H2,1H3,(H,22,24)/t14-,16-,17-/m1/s1. The molecule has 142 valence electrons.